The maximum Gasteiger partial charge on any atom is 0.164 e. The SMILES string of the molecule is COc1cccc(CC(=O)CCN(C)C)c1OC. The van der Waals surface area contributed by atoms with Gasteiger partial charge in [-0.2, -0.15) is 0 Å². The Labute approximate surface area is 108 Å². The highest BCUT2D eigenvalue weighted by Gasteiger charge is 2.12. The summed E-state index contributed by atoms with van der Waals surface area (Å²) in [5.74, 6) is 1.52. The van der Waals surface area contributed by atoms with Gasteiger partial charge >= 0.3 is 0 Å². The van der Waals surface area contributed by atoms with Crippen molar-refractivity contribution in [2.24, 2.45) is 0 Å². The molecule has 0 aliphatic carbocycles. The highest BCUT2D eigenvalue weighted by molar-refractivity contribution is 5.82. The van der Waals surface area contributed by atoms with E-state index in [1.54, 1.807) is 14.2 Å². The summed E-state index contributed by atoms with van der Waals surface area (Å²) >= 11 is 0. The first-order valence-corrected chi connectivity index (χ1v) is 5.94. The summed E-state index contributed by atoms with van der Waals surface area (Å²) in [6.45, 7) is 0.769. The molecule has 1 rings (SSSR count). The maximum absolute atomic E-state index is 11.9. The van der Waals surface area contributed by atoms with Gasteiger partial charge in [0.1, 0.15) is 5.78 Å². The lowest BCUT2D eigenvalue weighted by Gasteiger charge is -2.13. The Morgan fingerprint density at radius 2 is 1.94 bits per heavy atom. The molecular formula is C14H21NO3. The van der Waals surface area contributed by atoms with Crippen molar-refractivity contribution >= 4 is 5.78 Å². The van der Waals surface area contributed by atoms with E-state index in [2.05, 4.69) is 0 Å². The number of benzene rings is 1. The van der Waals surface area contributed by atoms with Crippen molar-refractivity contribution in [3.63, 3.8) is 0 Å². The van der Waals surface area contributed by atoms with E-state index in [4.69, 9.17) is 9.47 Å². The minimum Gasteiger partial charge on any atom is -0.493 e. The molecule has 0 bridgehead atoms. The van der Waals surface area contributed by atoms with Crippen molar-refractivity contribution in [3.05, 3.63) is 23.8 Å². The number of Topliss-reactive ketones (excluding diaryl/α,β-unsaturated/α-hetero) is 1. The normalized spacial score (nSPS) is 10.5. The predicted octanol–water partition coefficient (Wildman–Crippen LogP) is 1.77. The zero-order valence-electron chi connectivity index (χ0n) is 11.5. The Bertz CT molecular complexity index is 402. The second-order valence-corrected chi connectivity index (χ2v) is 4.42. The smallest absolute Gasteiger partial charge is 0.164 e. The topological polar surface area (TPSA) is 38.8 Å². The third-order valence-electron chi connectivity index (χ3n) is 2.71. The Kier molecular flexibility index (Phi) is 5.65. The molecule has 0 aliphatic heterocycles. The van der Waals surface area contributed by atoms with Crippen LogP contribution in [-0.2, 0) is 11.2 Å². The number of hydrogen-bond acceptors (Lipinski definition) is 4. The molecule has 0 saturated carbocycles. The summed E-state index contributed by atoms with van der Waals surface area (Å²) in [5.41, 5.74) is 0.876. The van der Waals surface area contributed by atoms with E-state index in [1.165, 1.54) is 0 Å². The molecule has 1 aromatic rings. The van der Waals surface area contributed by atoms with Gasteiger partial charge in [0.25, 0.3) is 0 Å². The first-order valence-electron chi connectivity index (χ1n) is 5.94. The summed E-state index contributed by atoms with van der Waals surface area (Å²) in [4.78, 5) is 13.9. The molecule has 4 nitrogen and oxygen atoms in total. The summed E-state index contributed by atoms with van der Waals surface area (Å²) in [6, 6.07) is 5.59. The molecule has 0 aliphatic rings. The second kappa shape index (κ2) is 7.01. The van der Waals surface area contributed by atoms with Crippen LogP contribution in [-0.4, -0.2) is 45.5 Å². The van der Waals surface area contributed by atoms with Crippen molar-refractivity contribution in [1.82, 2.24) is 4.90 Å². The largest absolute Gasteiger partial charge is 0.493 e. The van der Waals surface area contributed by atoms with Gasteiger partial charge < -0.3 is 14.4 Å². The molecule has 0 spiro atoms. The van der Waals surface area contributed by atoms with Crippen LogP contribution in [0.2, 0.25) is 0 Å². The van der Waals surface area contributed by atoms with Crippen molar-refractivity contribution < 1.29 is 14.3 Å². The predicted molar refractivity (Wildman–Crippen MR) is 71.4 cm³/mol. The van der Waals surface area contributed by atoms with E-state index in [0.717, 1.165) is 12.1 Å². The molecule has 0 aromatic heterocycles. The molecule has 100 valence electrons. The zero-order valence-corrected chi connectivity index (χ0v) is 11.5. The highest BCUT2D eigenvalue weighted by Crippen LogP contribution is 2.31. The molecule has 0 atom stereocenters. The second-order valence-electron chi connectivity index (χ2n) is 4.42. The average Bonchev–Trinajstić information content (AvgIpc) is 2.36. The molecule has 0 radical (unpaired) electrons. The van der Waals surface area contributed by atoms with Crippen LogP contribution in [0.3, 0.4) is 0 Å². The van der Waals surface area contributed by atoms with Crippen molar-refractivity contribution in [3.8, 4) is 11.5 Å². The lowest BCUT2D eigenvalue weighted by atomic mass is 10.1. The zero-order chi connectivity index (χ0) is 13.5. The van der Waals surface area contributed by atoms with Gasteiger partial charge in [-0.15, -0.1) is 0 Å². The third-order valence-corrected chi connectivity index (χ3v) is 2.71. The first-order chi connectivity index (χ1) is 8.58. The van der Waals surface area contributed by atoms with Crippen LogP contribution in [0.15, 0.2) is 18.2 Å². The van der Waals surface area contributed by atoms with E-state index in [9.17, 15) is 4.79 Å². The summed E-state index contributed by atoms with van der Waals surface area (Å²) in [7, 11) is 7.10. The van der Waals surface area contributed by atoms with E-state index in [0.29, 0.717) is 24.3 Å². The Hall–Kier alpha value is -1.55. The molecule has 0 heterocycles. The number of methoxy groups -OCH3 is 2. The van der Waals surface area contributed by atoms with Gasteiger partial charge in [-0.25, -0.2) is 0 Å². The van der Waals surface area contributed by atoms with Gasteiger partial charge in [-0.3, -0.25) is 4.79 Å². The minimum atomic E-state index is 0.204. The molecular weight excluding hydrogens is 230 g/mol. The van der Waals surface area contributed by atoms with E-state index >= 15 is 0 Å². The number of rotatable bonds is 7. The molecule has 0 amide bonds. The quantitative estimate of drug-likeness (QED) is 0.740. The number of para-hydroxylation sites is 1. The number of carbonyl (C=O) groups is 1. The first kappa shape index (κ1) is 14.5. The van der Waals surface area contributed by atoms with Crippen LogP contribution >= 0.6 is 0 Å². The molecule has 0 saturated heterocycles. The molecule has 0 unspecified atom stereocenters. The third kappa shape index (κ3) is 4.04. The van der Waals surface area contributed by atoms with Crippen LogP contribution in [0.25, 0.3) is 0 Å². The van der Waals surface area contributed by atoms with Gasteiger partial charge in [0, 0.05) is 24.9 Å². The van der Waals surface area contributed by atoms with Crippen molar-refractivity contribution in [2.45, 2.75) is 12.8 Å². The lowest BCUT2D eigenvalue weighted by Crippen LogP contribution is -2.17. The van der Waals surface area contributed by atoms with Crippen molar-refractivity contribution in [1.29, 1.82) is 0 Å². The fraction of sp³-hybridized carbons (Fsp3) is 0.500. The monoisotopic (exact) mass is 251 g/mol. The standard InChI is InChI=1S/C14H21NO3/c1-15(2)9-8-12(16)10-11-6-5-7-13(17-3)14(11)18-4/h5-7H,8-10H2,1-4H3. The number of ether oxygens (including phenoxy) is 2. The van der Waals surface area contributed by atoms with Gasteiger partial charge in [0.2, 0.25) is 0 Å². The number of hydrogen-bond donors (Lipinski definition) is 0. The lowest BCUT2D eigenvalue weighted by molar-refractivity contribution is -0.118. The molecule has 18 heavy (non-hydrogen) atoms. The van der Waals surface area contributed by atoms with Crippen molar-refractivity contribution in [2.75, 3.05) is 34.9 Å². The van der Waals surface area contributed by atoms with Crippen LogP contribution < -0.4 is 9.47 Å². The number of ketones is 1. The summed E-state index contributed by atoms with van der Waals surface area (Å²) in [6.07, 6.45) is 0.932. The van der Waals surface area contributed by atoms with Crippen LogP contribution in [0, 0.1) is 0 Å². The Morgan fingerprint density at radius 3 is 2.50 bits per heavy atom. The highest BCUT2D eigenvalue weighted by atomic mass is 16.5. The van der Waals surface area contributed by atoms with Crippen LogP contribution in [0.4, 0.5) is 0 Å². The van der Waals surface area contributed by atoms with Gasteiger partial charge in [-0.05, 0) is 20.2 Å². The van der Waals surface area contributed by atoms with E-state index in [-0.39, 0.29) is 5.78 Å². The average molecular weight is 251 g/mol. The van der Waals surface area contributed by atoms with E-state index in [1.807, 2.05) is 37.2 Å². The van der Waals surface area contributed by atoms with Gasteiger partial charge in [-0.1, -0.05) is 12.1 Å². The fourth-order valence-electron chi connectivity index (χ4n) is 1.74. The Balaban J connectivity index is 2.74. The fourth-order valence-corrected chi connectivity index (χ4v) is 1.74. The van der Waals surface area contributed by atoms with Crippen LogP contribution in [0.5, 0.6) is 11.5 Å². The number of carbonyl (C=O) groups excluding carboxylic acids is 1. The molecule has 0 fully saturated rings. The number of nitrogens with zero attached hydrogens (tertiary/aromatic N) is 1. The Morgan fingerprint density at radius 1 is 1.22 bits per heavy atom. The molecule has 0 N–H and O–H groups in total. The maximum atomic E-state index is 11.9. The van der Waals surface area contributed by atoms with Gasteiger partial charge in [0.15, 0.2) is 11.5 Å². The molecule has 1 aromatic carbocycles. The minimum absolute atomic E-state index is 0.204. The van der Waals surface area contributed by atoms with Gasteiger partial charge in [0.05, 0.1) is 14.2 Å². The molecule has 4 heteroatoms. The van der Waals surface area contributed by atoms with Crippen LogP contribution in [0.1, 0.15) is 12.0 Å². The van der Waals surface area contributed by atoms with E-state index < -0.39 is 0 Å². The summed E-state index contributed by atoms with van der Waals surface area (Å²) in [5, 5.41) is 0. The summed E-state index contributed by atoms with van der Waals surface area (Å²) < 4.78 is 10.5.